The highest BCUT2D eigenvalue weighted by Crippen LogP contribution is 2.25. The van der Waals surface area contributed by atoms with Crippen LogP contribution in [0.4, 0.5) is 11.4 Å². The summed E-state index contributed by atoms with van der Waals surface area (Å²) in [5.74, 6) is -0.654. The van der Waals surface area contributed by atoms with Crippen LogP contribution in [0.15, 0.2) is 12.1 Å². The fourth-order valence-corrected chi connectivity index (χ4v) is 3.98. The lowest BCUT2D eigenvalue weighted by molar-refractivity contribution is -0.119. The second-order valence-electron chi connectivity index (χ2n) is 5.11. The number of nitrogens with one attached hydrogen (secondary N) is 1. The van der Waals surface area contributed by atoms with Gasteiger partial charge in [-0.05, 0) is 37.5 Å². The van der Waals surface area contributed by atoms with E-state index >= 15 is 0 Å². The second kappa shape index (κ2) is 4.85. The lowest BCUT2D eigenvalue weighted by Crippen LogP contribution is -2.24. The largest absolute Gasteiger partial charge is 0.398 e. The Bertz CT molecular complexity index is 623. The van der Waals surface area contributed by atoms with Crippen LogP contribution in [0.25, 0.3) is 0 Å². The van der Waals surface area contributed by atoms with Crippen molar-refractivity contribution in [2.24, 2.45) is 5.92 Å². The van der Waals surface area contributed by atoms with Gasteiger partial charge in [0, 0.05) is 11.4 Å². The molecule has 0 spiro atoms. The summed E-state index contributed by atoms with van der Waals surface area (Å²) in [6.45, 7) is 3.78. The first-order chi connectivity index (χ1) is 8.78. The van der Waals surface area contributed by atoms with Crippen molar-refractivity contribution in [3.8, 4) is 0 Å². The molecule has 1 heterocycles. The highest BCUT2D eigenvalue weighted by atomic mass is 32.2. The van der Waals surface area contributed by atoms with Crippen molar-refractivity contribution in [3.63, 3.8) is 0 Å². The van der Waals surface area contributed by atoms with E-state index in [0.29, 0.717) is 17.8 Å². The number of sulfone groups is 1. The zero-order chi connectivity index (χ0) is 14.2. The van der Waals surface area contributed by atoms with Crippen LogP contribution >= 0.6 is 0 Å². The van der Waals surface area contributed by atoms with Gasteiger partial charge >= 0.3 is 0 Å². The van der Waals surface area contributed by atoms with Gasteiger partial charge in [-0.1, -0.05) is 6.07 Å². The van der Waals surface area contributed by atoms with Crippen molar-refractivity contribution in [1.29, 1.82) is 0 Å². The quantitative estimate of drug-likeness (QED) is 0.799. The van der Waals surface area contributed by atoms with Gasteiger partial charge in [0.25, 0.3) is 0 Å². The zero-order valence-corrected chi connectivity index (χ0v) is 11.9. The summed E-state index contributed by atoms with van der Waals surface area (Å²) in [6, 6.07) is 3.61. The highest BCUT2D eigenvalue weighted by Gasteiger charge is 2.33. The van der Waals surface area contributed by atoms with Crippen molar-refractivity contribution in [2.75, 3.05) is 22.6 Å². The number of carbonyl (C=O) groups excluding carboxylic acids is 1. The Balaban J connectivity index is 2.14. The third kappa shape index (κ3) is 3.07. The molecule has 19 heavy (non-hydrogen) atoms. The van der Waals surface area contributed by atoms with Gasteiger partial charge in [0.05, 0.1) is 17.4 Å². The van der Waals surface area contributed by atoms with Crippen LogP contribution in [0.5, 0.6) is 0 Å². The summed E-state index contributed by atoms with van der Waals surface area (Å²) in [6.07, 6.45) is 0.397. The predicted octanol–water partition coefficient (Wildman–Crippen LogP) is 1.26. The molecule has 1 atom stereocenters. The molecule has 0 radical (unpaired) electrons. The van der Waals surface area contributed by atoms with E-state index in [0.717, 1.165) is 11.1 Å². The Morgan fingerprint density at radius 2 is 2.00 bits per heavy atom. The molecular weight excluding hydrogens is 264 g/mol. The number of benzene rings is 1. The Labute approximate surface area is 113 Å². The molecule has 1 fully saturated rings. The molecule has 5 nitrogen and oxygen atoms in total. The Morgan fingerprint density at radius 1 is 1.32 bits per heavy atom. The first-order valence-corrected chi connectivity index (χ1v) is 7.98. The van der Waals surface area contributed by atoms with Crippen LogP contribution in [0, 0.1) is 19.8 Å². The van der Waals surface area contributed by atoms with E-state index in [-0.39, 0.29) is 17.4 Å². The number of nitrogens with two attached hydrogens (primary N) is 1. The van der Waals surface area contributed by atoms with Crippen LogP contribution in [-0.4, -0.2) is 25.8 Å². The number of anilines is 2. The zero-order valence-electron chi connectivity index (χ0n) is 11.1. The molecule has 0 saturated carbocycles. The van der Waals surface area contributed by atoms with Crippen molar-refractivity contribution in [1.82, 2.24) is 0 Å². The minimum Gasteiger partial charge on any atom is -0.398 e. The molecule has 0 aromatic heterocycles. The number of carbonyl (C=O) groups is 1. The summed E-state index contributed by atoms with van der Waals surface area (Å²) in [7, 11) is -3.04. The average molecular weight is 282 g/mol. The van der Waals surface area contributed by atoms with Gasteiger partial charge < -0.3 is 11.1 Å². The molecule has 3 N–H and O–H groups in total. The Hall–Kier alpha value is -1.56. The van der Waals surface area contributed by atoms with Gasteiger partial charge in [0.1, 0.15) is 0 Å². The maximum absolute atomic E-state index is 12.0. The Kier molecular flexibility index (Phi) is 3.54. The maximum Gasteiger partial charge on any atom is 0.228 e. The third-order valence-electron chi connectivity index (χ3n) is 3.47. The summed E-state index contributed by atoms with van der Waals surface area (Å²) in [5, 5.41) is 2.77. The van der Waals surface area contributed by atoms with Crippen LogP contribution in [0.2, 0.25) is 0 Å². The number of hydrogen-bond acceptors (Lipinski definition) is 4. The topological polar surface area (TPSA) is 89.3 Å². The number of rotatable bonds is 2. The van der Waals surface area contributed by atoms with E-state index in [1.54, 1.807) is 6.07 Å². The number of hydrogen-bond donors (Lipinski definition) is 2. The number of amides is 1. The van der Waals surface area contributed by atoms with Crippen LogP contribution in [0.1, 0.15) is 17.5 Å². The van der Waals surface area contributed by atoms with E-state index < -0.39 is 15.8 Å². The summed E-state index contributed by atoms with van der Waals surface area (Å²) < 4.78 is 22.7. The standard InChI is InChI=1S/C13H18N2O3S/c1-8-5-9(2)12(6-11(8)14)15-13(16)10-3-4-19(17,18)7-10/h5-6,10H,3-4,7,14H2,1-2H3,(H,15,16). The van der Waals surface area contributed by atoms with E-state index in [1.165, 1.54) is 0 Å². The van der Waals surface area contributed by atoms with Crippen molar-refractivity contribution in [2.45, 2.75) is 20.3 Å². The molecule has 1 aliphatic heterocycles. The highest BCUT2D eigenvalue weighted by molar-refractivity contribution is 7.91. The predicted molar refractivity (Wildman–Crippen MR) is 75.7 cm³/mol. The van der Waals surface area contributed by atoms with Crippen LogP contribution in [0.3, 0.4) is 0 Å². The van der Waals surface area contributed by atoms with Crippen molar-refractivity contribution < 1.29 is 13.2 Å². The first kappa shape index (κ1) is 13.9. The fourth-order valence-electron chi connectivity index (χ4n) is 2.24. The molecule has 104 valence electrons. The van der Waals surface area contributed by atoms with Gasteiger partial charge in [-0.25, -0.2) is 8.42 Å². The molecule has 1 aromatic carbocycles. The van der Waals surface area contributed by atoms with Crippen LogP contribution in [-0.2, 0) is 14.6 Å². The van der Waals surface area contributed by atoms with Gasteiger partial charge in [-0.15, -0.1) is 0 Å². The first-order valence-electron chi connectivity index (χ1n) is 6.16. The maximum atomic E-state index is 12.0. The van der Waals surface area contributed by atoms with Crippen molar-refractivity contribution >= 4 is 27.1 Å². The van der Waals surface area contributed by atoms with Gasteiger partial charge in [0.15, 0.2) is 9.84 Å². The monoisotopic (exact) mass is 282 g/mol. The molecular formula is C13H18N2O3S. The lowest BCUT2D eigenvalue weighted by Gasteiger charge is -2.13. The van der Waals surface area contributed by atoms with E-state index in [4.69, 9.17) is 5.73 Å². The molecule has 1 saturated heterocycles. The minimum atomic E-state index is -3.04. The second-order valence-corrected chi connectivity index (χ2v) is 7.34. The smallest absolute Gasteiger partial charge is 0.228 e. The molecule has 1 aliphatic rings. The van der Waals surface area contributed by atoms with Crippen LogP contribution < -0.4 is 11.1 Å². The Morgan fingerprint density at radius 3 is 2.58 bits per heavy atom. The summed E-state index contributed by atoms with van der Waals surface area (Å²) in [4.78, 5) is 12.0. The lowest BCUT2D eigenvalue weighted by atomic mass is 10.1. The molecule has 2 rings (SSSR count). The molecule has 6 heteroatoms. The summed E-state index contributed by atoms with van der Waals surface area (Å²) in [5.41, 5.74) is 8.95. The number of aryl methyl sites for hydroxylation is 2. The van der Waals surface area contributed by atoms with Gasteiger partial charge in [0.2, 0.25) is 5.91 Å². The SMILES string of the molecule is Cc1cc(C)c(NC(=O)C2CCS(=O)(=O)C2)cc1N. The fraction of sp³-hybridized carbons (Fsp3) is 0.462. The van der Waals surface area contributed by atoms with Gasteiger partial charge in [-0.3, -0.25) is 4.79 Å². The van der Waals surface area contributed by atoms with Gasteiger partial charge in [-0.2, -0.15) is 0 Å². The van der Waals surface area contributed by atoms with E-state index in [9.17, 15) is 13.2 Å². The molecule has 1 amide bonds. The van der Waals surface area contributed by atoms with E-state index in [1.807, 2.05) is 19.9 Å². The average Bonchev–Trinajstić information content (AvgIpc) is 2.66. The van der Waals surface area contributed by atoms with E-state index in [2.05, 4.69) is 5.32 Å². The molecule has 1 aromatic rings. The van der Waals surface area contributed by atoms with Crippen molar-refractivity contribution in [3.05, 3.63) is 23.3 Å². The summed E-state index contributed by atoms with van der Waals surface area (Å²) >= 11 is 0. The third-order valence-corrected chi connectivity index (χ3v) is 5.24. The molecule has 0 aliphatic carbocycles. The minimum absolute atomic E-state index is 0.0563. The number of nitrogen functional groups attached to an aromatic ring is 1. The normalized spacial score (nSPS) is 21.3. The molecule has 0 bridgehead atoms. The molecule has 1 unspecified atom stereocenters.